The molecule has 0 heterocycles. The van der Waals surface area contributed by atoms with Crippen molar-refractivity contribution in [1.29, 1.82) is 0 Å². The third-order valence-corrected chi connectivity index (χ3v) is 5.12. The average Bonchev–Trinajstić information content (AvgIpc) is 3.48. The highest BCUT2D eigenvalue weighted by molar-refractivity contribution is 5.96. The van der Waals surface area contributed by atoms with Gasteiger partial charge in [0.05, 0.1) is 7.11 Å². The van der Waals surface area contributed by atoms with Crippen LogP contribution in [-0.4, -0.2) is 31.6 Å². The second-order valence-electron chi connectivity index (χ2n) is 6.95. The first-order chi connectivity index (χ1) is 13.0. The van der Waals surface area contributed by atoms with Crippen LogP contribution in [0.3, 0.4) is 0 Å². The van der Waals surface area contributed by atoms with E-state index in [-0.39, 0.29) is 17.7 Å². The standard InChI is InChI=1S/C21H23FN2O3/c1-27-20(26)18(12-14-3-2-4-17(22)11-14)24-19(25)15-5-7-16(8-6-15)21(13-23)9-10-21/h2-8,11,18H,9-10,12-13,23H2,1H3,(H,24,25). The van der Waals surface area contributed by atoms with Crippen molar-refractivity contribution in [3.05, 3.63) is 71.0 Å². The molecule has 5 nitrogen and oxygen atoms in total. The Balaban J connectivity index is 1.71. The summed E-state index contributed by atoms with van der Waals surface area (Å²) < 4.78 is 18.2. The predicted molar refractivity (Wildman–Crippen MR) is 99.8 cm³/mol. The fourth-order valence-electron chi connectivity index (χ4n) is 3.21. The Kier molecular flexibility index (Phi) is 5.56. The second-order valence-corrected chi connectivity index (χ2v) is 6.95. The summed E-state index contributed by atoms with van der Waals surface area (Å²) in [6.45, 7) is 0.594. The van der Waals surface area contributed by atoms with Gasteiger partial charge in [-0.15, -0.1) is 0 Å². The lowest BCUT2D eigenvalue weighted by Gasteiger charge is -2.17. The topological polar surface area (TPSA) is 81.4 Å². The minimum Gasteiger partial charge on any atom is -0.467 e. The molecule has 0 spiro atoms. The number of nitrogens with two attached hydrogens (primary N) is 1. The molecule has 1 fully saturated rings. The molecule has 1 aliphatic carbocycles. The molecule has 0 saturated heterocycles. The van der Waals surface area contributed by atoms with Gasteiger partial charge in [-0.2, -0.15) is 0 Å². The van der Waals surface area contributed by atoms with Gasteiger partial charge in [-0.25, -0.2) is 9.18 Å². The summed E-state index contributed by atoms with van der Waals surface area (Å²) in [4.78, 5) is 24.6. The molecule has 1 saturated carbocycles. The molecule has 1 unspecified atom stereocenters. The maximum atomic E-state index is 13.4. The number of nitrogens with one attached hydrogen (secondary N) is 1. The number of rotatable bonds is 7. The van der Waals surface area contributed by atoms with Crippen molar-refractivity contribution in [2.24, 2.45) is 5.73 Å². The van der Waals surface area contributed by atoms with Crippen LogP contribution >= 0.6 is 0 Å². The number of carbonyl (C=O) groups excluding carboxylic acids is 2. The summed E-state index contributed by atoms with van der Waals surface area (Å²) in [6, 6.07) is 12.3. The lowest BCUT2D eigenvalue weighted by atomic mass is 9.95. The zero-order chi connectivity index (χ0) is 19.4. The van der Waals surface area contributed by atoms with E-state index in [2.05, 4.69) is 5.32 Å². The van der Waals surface area contributed by atoms with Gasteiger partial charge >= 0.3 is 5.97 Å². The maximum absolute atomic E-state index is 13.4. The Morgan fingerprint density at radius 3 is 2.48 bits per heavy atom. The van der Waals surface area contributed by atoms with Crippen LogP contribution in [0.15, 0.2) is 48.5 Å². The van der Waals surface area contributed by atoms with E-state index in [0.717, 1.165) is 18.4 Å². The summed E-state index contributed by atoms with van der Waals surface area (Å²) in [6.07, 6.45) is 2.27. The van der Waals surface area contributed by atoms with Crippen LogP contribution < -0.4 is 11.1 Å². The summed E-state index contributed by atoms with van der Waals surface area (Å²) in [7, 11) is 1.25. The molecule has 0 aromatic heterocycles. The first kappa shape index (κ1) is 19.0. The van der Waals surface area contributed by atoms with Gasteiger partial charge in [-0.05, 0) is 48.2 Å². The summed E-state index contributed by atoms with van der Waals surface area (Å²) in [5, 5.41) is 2.68. The Morgan fingerprint density at radius 1 is 1.22 bits per heavy atom. The third-order valence-electron chi connectivity index (χ3n) is 5.12. The van der Waals surface area contributed by atoms with Crippen molar-refractivity contribution in [3.63, 3.8) is 0 Å². The van der Waals surface area contributed by atoms with E-state index >= 15 is 0 Å². The minimum absolute atomic E-state index is 0.0565. The largest absolute Gasteiger partial charge is 0.467 e. The highest BCUT2D eigenvalue weighted by Gasteiger charge is 2.42. The molecule has 3 rings (SSSR count). The first-order valence-electron chi connectivity index (χ1n) is 8.91. The van der Waals surface area contributed by atoms with Gasteiger partial charge in [0.1, 0.15) is 11.9 Å². The lowest BCUT2D eigenvalue weighted by molar-refractivity contribution is -0.142. The maximum Gasteiger partial charge on any atom is 0.328 e. The average molecular weight is 370 g/mol. The van der Waals surface area contributed by atoms with Gasteiger partial charge in [-0.1, -0.05) is 24.3 Å². The minimum atomic E-state index is -0.900. The van der Waals surface area contributed by atoms with E-state index in [1.54, 1.807) is 24.3 Å². The van der Waals surface area contributed by atoms with Gasteiger partial charge in [0.25, 0.3) is 5.91 Å². The number of amides is 1. The molecule has 1 amide bonds. The van der Waals surface area contributed by atoms with Gasteiger partial charge < -0.3 is 15.8 Å². The zero-order valence-corrected chi connectivity index (χ0v) is 15.2. The Morgan fingerprint density at radius 2 is 1.93 bits per heavy atom. The molecular weight excluding hydrogens is 347 g/mol. The molecule has 142 valence electrons. The Bertz CT molecular complexity index is 832. The van der Waals surface area contributed by atoms with Crippen LogP contribution in [0.25, 0.3) is 0 Å². The van der Waals surface area contributed by atoms with Crippen LogP contribution in [0.4, 0.5) is 4.39 Å². The molecule has 2 aromatic carbocycles. The normalized spacial score (nSPS) is 15.7. The molecule has 2 aromatic rings. The number of hydrogen-bond acceptors (Lipinski definition) is 4. The summed E-state index contributed by atoms with van der Waals surface area (Å²) in [5.74, 6) is -1.36. The van der Waals surface area contributed by atoms with Crippen molar-refractivity contribution in [1.82, 2.24) is 5.32 Å². The number of carbonyl (C=O) groups is 2. The highest BCUT2D eigenvalue weighted by atomic mass is 19.1. The molecule has 1 aliphatic rings. The van der Waals surface area contributed by atoms with E-state index in [1.165, 1.54) is 19.2 Å². The van der Waals surface area contributed by atoms with Crippen LogP contribution in [0.2, 0.25) is 0 Å². The quantitative estimate of drug-likeness (QED) is 0.733. The van der Waals surface area contributed by atoms with Crippen LogP contribution in [0, 0.1) is 5.82 Å². The van der Waals surface area contributed by atoms with E-state index in [9.17, 15) is 14.0 Å². The predicted octanol–water partition coefficient (Wildman–Crippen LogP) is 2.33. The van der Waals surface area contributed by atoms with Gasteiger partial charge in [0.15, 0.2) is 0 Å². The SMILES string of the molecule is COC(=O)C(Cc1cccc(F)c1)NC(=O)c1ccc(C2(CN)CC2)cc1. The van der Waals surface area contributed by atoms with E-state index in [4.69, 9.17) is 10.5 Å². The monoisotopic (exact) mass is 370 g/mol. The molecule has 0 aliphatic heterocycles. The van der Waals surface area contributed by atoms with Gasteiger partial charge in [0, 0.05) is 23.9 Å². The fourth-order valence-corrected chi connectivity index (χ4v) is 3.21. The molecule has 0 radical (unpaired) electrons. The number of benzene rings is 2. The van der Waals surface area contributed by atoms with Crippen molar-refractivity contribution in [3.8, 4) is 0 Å². The van der Waals surface area contributed by atoms with Gasteiger partial charge in [0.2, 0.25) is 0 Å². The van der Waals surface area contributed by atoms with Crippen LogP contribution in [0.1, 0.15) is 34.3 Å². The van der Waals surface area contributed by atoms with E-state index < -0.39 is 17.8 Å². The molecule has 3 N–H and O–H groups in total. The zero-order valence-electron chi connectivity index (χ0n) is 15.2. The van der Waals surface area contributed by atoms with E-state index in [0.29, 0.717) is 17.7 Å². The van der Waals surface area contributed by atoms with Crippen LogP contribution in [0.5, 0.6) is 0 Å². The number of ether oxygens (including phenoxy) is 1. The van der Waals surface area contributed by atoms with Crippen molar-refractivity contribution in [2.45, 2.75) is 30.7 Å². The number of halogens is 1. The third kappa shape index (κ3) is 4.34. The van der Waals surface area contributed by atoms with Crippen molar-refractivity contribution >= 4 is 11.9 Å². The highest BCUT2D eigenvalue weighted by Crippen LogP contribution is 2.47. The Hall–Kier alpha value is -2.73. The molecular formula is C21H23FN2O3. The number of methoxy groups -OCH3 is 1. The number of hydrogen-bond donors (Lipinski definition) is 2. The molecule has 1 atom stereocenters. The van der Waals surface area contributed by atoms with Crippen molar-refractivity contribution in [2.75, 3.05) is 13.7 Å². The summed E-state index contributed by atoms with van der Waals surface area (Å²) in [5.41, 5.74) is 8.07. The second kappa shape index (κ2) is 7.88. The number of esters is 1. The Labute approximate surface area is 157 Å². The summed E-state index contributed by atoms with van der Waals surface area (Å²) >= 11 is 0. The van der Waals surface area contributed by atoms with E-state index in [1.807, 2.05) is 12.1 Å². The smallest absolute Gasteiger partial charge is 0.328 e. The molecule has 6 heteroatoms. The van der Waals surface area contributed by atoms with Crippen LogP contribution in [-0.2, 0) is 21.4 Å². The van der Waals surface area contributed by atoms with Gasteiger partial charge in [-0.3, -0.25) is 4.79 Å². The first-order valence-corrected chi connectivity index (χ1v) is 8.91. The lowest BCUT2D eigenvalue weighted by Crippen LogP contribution is -2.43. The van der Waals surface area contributed by atoms with Crippen molar-refractivity contribution < 1.29 is 18.7 Å². The fraction of sp³-hybridized carbons (Fsp3) is 0.333. The molecule has 0 bridgehead atoms. The molecule has 27 heavy (non-hydrogen) atoms.